The molecule has 0 amide bonds. The Morgan fingerprint density at radius 3 is 2.45 bits per heavy atom. The summed E-state index contributed by atoms with van der Waals surface area (Å²) in [5.41, 5.74) is 2.34. The van der Waals surface area contributed by atoms with E-state index in [0.29, 0.717) is 6.42 Å². The molecule has 0 aliphatic carbocycles. The Bertz CT molecular complexity index is 582. The van der Waals surface area contributed by atoms with Gasteiger partial charge in [0.15, 0.2) is 0 Å². The molecule has 3 nitrogen and oxygen atoms in total. The predicted molar refractivity (Wildman–Crippen MR) is 82.7 cm³/mol. The zero-order valence-corrected chi connectivity index (χ0v) is 13.0. The maximum Gasteiger partial charge on any atom is 0.0553 e. The van der Waals surface area contributed by atoms with Crippen LogP contribution in [0.2, 0.25) is 0 Å². The van der Waals surface area contributed by atoms with Crippen LogP contribution in [-0.4, -0.2) is 28.4 Å². The number of pyridine rings is 1. The van der Waals surface area contributed by atoms with E-state index in [4.69, 9.17) is 0 Å². The Morgan fingerprint density at radius 1 is 1.15 bits per heavy atom. The summed E-state index contributed by atoms with van der Waals surface area (Å²) in [6, 6.07) is 9.81. The minimum absolute atomic E-state index is 0.110. The Kier molecular flexibility index (Phi) is 4.91. The van der Waals surface area contributed by atoms with E-state index in [1.54, 1.807) is 12.4 Å². The van der Waals surface area contributed by atoms with Crippen molar-refractivity contribution in [3.8, 4) is 0 Å². The molecule has 0 aliphatic rings. The molecule has 106 valence electrons. The van der Waals surface area contributed by atoms with Crippen molar-refractivity contribution in [2.45, 2.75) is 18.8 Å². The van der Waals surface area contributed by atoms with E-state index in [-0.39, 0.29) is 13.2 Å². The van der Waals surface area contributed by atoms with Gasteiger partial charge in [0.1, 0.15) is 0 Å². The first-order valence-electron chi connectivity index (χ1n) is 6.48. The van der Waals surface area contributed by atoms with Crippen molar-refractivity contribution in [1.82, 2.24) is 4.98 Å². The molecule has 1 heterocycles. The van der Waals surface area contributed by atoms with Gasteiger partial charge in [0, 0.05) is 22.3 Å². The standard InChI is InChI=1S/C16H18BrNO2/c1-12-4-2-3-5-15(12)16(10-19,11-20)7-13-6-14(17)9-18-8-13/h2-6,8-9,19-20H,7,10-11H2,1H3. The van der Waals surface area contributed by atoms with Gasteiger partial charge in [-0.25, -0.2) is 0 Å². The summed E-state index contributed by atoms with van der Waals surface area (Å²) < 4.78 is 0.893. The van der Waals surface area contributed by atoms with E-state index in [2.05, 4.69) is 20.9 Å². The zero-order chi connectivity index (χ0) is 14.6. The van der Waals surface area contributed by atoms with Crippen LogP contribution in [0.4, 0.5) is 0 Å². The molecule has 2 N–H and O–H groups in total. The van der Waals surface area contributed by atoms with Crippen LogP contribution >= 0.6 is 15.9 Å². The van der Waals surface area contributed by atoms with E-state index in [0.717, 1.165) is 21.2 Å². The molecule has 1 aromatic carbocycles. The van der Waals surface area contributed by atoms with Gasteiger partial charge in [-0.15, -0.1) is 0 Å². The average molecular weight is 336 g/mol. The van der Waals surface area contributed by atoms with Crippen molar-refractivity contribution >= 4 is 15.9 Å². The van der Waals surface area contributed by atoms with E-state index in [1.165, 1.54) is 0 Å². The summed E-state index contributed by atoms with van der Waals surface area (Å²) in [4.78, 5) is 4.14. The molecule has 20 heavy (non-hydrogen) atoms. The van der Waals surface area contributed by atoms with E-state index in [1.807, 2.05) is 37.3 Å². The van der Waals surface area contributed by atoms with Gasteiger partial charge >= 0.3 is 0 Å². The Hall–Kier alpha value is -1.23. The first kappa shape index (κ1) is 15.2. The van der Waals surface area contributed by atoms with Crippen LogP contribution in [0.5, 0.6) is 0 Å². The van der Waals surface area contributed by atoms with Gasteiger partial charge in [-0.1, -0.05) is 24.3 Å². The molecule has 0 radical (unpaired) electrons. The van der Waals surface area contributed by atoms with Gasteiger partial charge in [0.25, 0.3) is 0 Å². The van der Waals surface area contributed by atoms with Crippen molar-refractivity contribution in [1.29, 1.82) is 0 Å². The third-order valence-electron chi connectivity index (χ3n) is 3.63. The highest BCUT2D eigenvalue weighted by Crippen LogP contribution is 2.30. The Labute approximate surface area is 127 Å². The summed E-state index contributed by atoms with van der Waals surface area (Å²) in [6.45, 7) is 1.77. The van der Waals surface area contributed by atoms with Gasteiger partial charge < -0.3 is 10.2 Å². The topological polar surface area (TPSA) is 53.4 Å². The molecule has 0 saturated heterocycles. The lowest BCUT2D eigenvalue weighted by atomic mass is 9.75. The van der Waals surface area contributed by atoms with Crippen molar-refractivity contribution in [3.63, 3.8) is 0 Å². The fourth-order valence-electron chi connectivity index (χ4n) is 2.54. The molecule has 2 aromatic rings. The quantitative estimate of drug-likeness (QED) is 0.883. The number of aliphatic hydroxyl groups is 2. The molecule has 0 saturated carbocycles. The normalized spacial score (nSPS) is 11.6. The minimum atomic E-state index is -0.687. The predicted octanol–water partition coefficient (Wildman–Crippen LogP) is 2.62. The van der Waals surface area contributed by atoms with Crippen LogP contribution in [0.25, 0.3) is 0 Å². The highest BCUT2D eigenvalue weighted by molar-refractivity contribution is 9.10. The zero-order valence-electron chi connectivity index (χ0n) is 11.4. The fraction of sp³-hybridized carbons (Fsp3) is 0.312. The number of aliphatic hydroxyl groups excluding tert-OH is 2. The SMILES string of the molecule is Cc1ccccc1C(CO)(CO)Cc1cncc(Br)c1. The smallest absolute Gasteiger partial charge is 0.0553 e. The van der Waals surface area contributed by atoms with Gasteiger partial charge in [-0.3, -0.25) is 4.98 Å². The number of nitrogens with zero attached hydrogens (tertiary/aromatic N) is 1. The molecule has 4 heteroatoms. The fourth-order valence-corrected chi connectivity index (χ4v) is 2.95. The number of aryl methyl sites for hydroxylation is 1. The molecule has 0 bridgehead atoms. The number of halogens is 1. The number of hydrogen-bond acceptors (Lipinski definition) is 3. The van der Waals surface area contributed by atoms with Gasteiger partial charge in [-0.05, 0) is 52.0 Å². The molecular formula is C16H18BrNO2. The summed E-state index contributed by atoms with van der Waals surface area (Å²) >= 11 is 3.40. The lowest BCUT2D eigenvalue weighted by Crippen LogP contribution is -2.38. The van der Waals surface area contributed by atoms with Crippen LogP contribution in [-0.2, 0) is 11.8 Å². The van der Waals surface area contributed by atoms with Crippen molar-refractivity contribution in [2.75, 3.05) is 13.2 Å². The van der Waals surface area contributed by atoms with Crippen molar-refractivity contribution in [3.05, 3.63) is 63.9 Å². The second-order valence-electron chi connectivity index (χ2n) is 5.10. The lowest BCUT2D eigenvalue weighted by Gasteiger charge is -2.32. The van der Waals surface area contributed by atoms with Gasteiger partial charge in [-0.2, -0.15) is 0 Å². The van der Waals surface area contributed by atoms with E-state index < -0.39 is 5.41 Å². The van der Waals surface area contributed by atoms with Crippen LogP contribution < -0.4 is 0 Å². The number of aromatic nitrogens is 1. The molecular weight excluding hydrogens is 318 g/mol. The number of hydrogen-bond donors (Lipinski definition) is 2. The summed E-state index contributed by atoms with van der Waals surface area (Å²) in [6.07, 6.45) is 4.03. The summed E-state index contributed by atoms with van der Waals surface area (Å²) in [5, 5.41) is 19.8. The minimum Gasteiger partial charge on any atom is -0.395 e. The highest BCUT2D eigenvalue weighted by atomic mass is 79.9. The van der Waals surface area contributed by atoms with Gasteiger partial charge in [0.05, 0.1) is 13.2 Å². The van der Waals surface area contributed by atoms with Crippen LogP contribution in [0.15, 0.2) is 47.2 Å². The molecule has 0 atom stereocenters. The Balaban J connectivity index is 2.42. The largest absolute Gasteiger partial charge is 0.395 e. The average Bonchev–Trinajstić information content (AvgIpc) is 2.46. The molecule has 0 aliphatic heterocycles. The molecule has 2 rings (SSSR count). The second-order valence-corrected chi connectivity index (χ2v) is 6.02. The van der Waals surface area contributed by atoms with Crippen LogP contribution in [0, 0.1) is 6.92 Å². The number of rotatable bonds is 5. The summed E-state index contributed by atoms with van der Waals surface area (Å²) in [5.74, 6) is 0. The maximum atomic E-state index is 9.89. The van der Waals surface area contributed by atoms with E-state index >= 15 is 0 Å². The first-order chi connectivity index (χ1) is 9.61. The van der Waals surface area contributed by atoms with Crippen molar-refractivity contribution in [2.24, 2.45) is 0 Å². The second kappa shape index (κ2) is 6.48. The molecule has 1 aromatic heterocycles. The van der Waals surface area contributed by atoms with E-state index in [9.17, 15) is 10.2 Å². The lowest BCUT2D eigenvalue weighted by molar-refractivity contribution is 0.115. The molecule has 0 fully saturated rings. The highest BCUT2D eigenvalue weighted by Gasteiger charge is 2.32. The van der Waals surface area contributed by atoms with Crippen molar-refractivity contribution < 1.29 is 10.2 Å². The molecule has 0 spiro atoms. The van der Waals surface area contributed by atoms with Gasteiger partial charge in [0.2, 0.25) is 0 Å². The third kappa shape index (κ3) is 3.08. The Morgan fingerprint density at radius 2 is 1.85 bits per heavy atom. The number of benzene rings is 1. The monoisotopic (exact) mass is 335 g/mol. The summed E-state index contributed by atoms with van der Waals surface area (Å²) in [7, 11) is 0. The maximum absolute atomic E-state index is 9.89. The van der Waals surface area contributed by atoms with Crippen LogP contribution in [0.1, 0.15) is 16.7 Å². The third-order valence-corrected chi connectivity index (χ3v) is 4.06. The first-order valence-corrected chi connectivity index (χ1v) is 7.28. The molecule has 0 unspecified atom stereocenters. The van der Waals surface area contributed by atoms with Crippen LogP contribution in [0.3, 0.4) is 0 Å².